The van der Waals surface area contributed by atoms with Crippen LogP contribution in [0.1, 0.15) is 29.5 Å². The molecule has 0 saturated heterocycles. The summed E-state index contributed by atoms with van der Waals surface area (Å²) in [5.74, 6) is 0.0922. The van der Waals surface area contributed by atoms with Gasteiger partial charge in [0.25, 0.3) is 0 Å². The van der Waals surface area contributed by atoms with E-state index in [1.54, 1.807) is 49.6 Å². The number of benzene rings is 1. The molecule has 0 spiro atoms. The van der Waals surface area contributed by atoms with Crippen LogP contribution in [-0.4, -0.2) is 26.0 Å². The number of furan rings is 1. The Labute approximate surface area is 173 Å². The Kier molecular flexibility index (Phi) is 6.23. The lowest BCUT2D eigenvalue weighted by Crippen LogP contribution is -2.41. The van der Waals surface area contributed by atoms with E-state index in [1.807, 2.05) is 0 Å². The molecule has 0 bridgehead atoms. The van der Waals surface area contributed by atoms with Gasteiger partial charge < -0.3 is 14.8 Å². The standard InChI is InChI=1S/C20H22N2O5S2/c1-3-19(23)22-15-8-9-16(14(2)12-15)29(25,26)21-13-20(24,17-6-4-10-27-17)18-7-5-11-28-18/h4-12,21,24H,3,13H2,1-2H3,(H,22,23). The Morgan fingerprint density at radius 2 is 2.03 bits per heavy atom. The molecule has 2 aromatic heterocycles. The molecule has 1 atom stereocenters. The van der Waals surface area contributed by atoms with Crippen LogP contribution in [0.5, 0.6) is 0 Å². The largest absolute Gasteiger partial charge is 0.466 e. The van der Waals surface area contributed by atoms with Crippen LogP contribution < -0.4 is 10.0 Å². The van der Waals surface area contributed by atoms with E-state index in [9.17, 15) is 18.3 Å². The molecule has 0 aliphatic heterocycles. The Balaban J connectivity index is 1.84. The lowest BCUT2D eigenvalue weighted by Gasteiger charge is -2.25. The first-order valence-corrected chi connectivity index (χ1v) is 11.3. The minimum Gasteiger partial charge on any atom is -0.466 e. The summed E-state index contributed by atoms with van der Waals surface area (Å²) in [6, 6.07) is 11.3. The van der Waals surface area contributed by atoms with Crippen molar-refractivity contribution in [3.05, 3.63) is 70.3 Å². The third kappa shape index (κ3) is 4.59. The minimum absolute atomic E-state index is 0.0694. The second-order valence-electron chi connectivity index (χ2n) is 6.52. The molecule has 1 aromatic carbocycles. The summed E-state index contributed by atoms with van der Waals surface area (Å²) in [6.07, 6.45) is 1.75. The number of aryl methyl sites for hydroxylation is 1. The molecule has 2 heterocycles. The fraction of sp³-hybridized carbons (Fsp3) is 0.250. The summed E-state index contributed by atoms with van der Waals surface area (Å²) >= 11 is 1.30. The van der Waals surface area contributed by atoms with Gasteiger partial charge in [0.05, 0.1) is 17.7 Å². The lowest BCUT2D eigenvalue weighted by molar-refractivity contribution is -0.115. The fourth-order valence-electron chi connectivity index (χ4n) is 2.88. The number of carbonyl (C=O) groups is 1. The number of carbonyl (C=O) groups excluding carboxylic acids is 1. The monoisotopic (exact) mass is 434 g/mol. The van der Waals surface area contributed by atoms with E-state index in [-0.39, 0.29) is 23.1 Å². The molecule has 0 saturated carbocycles. The van der Waals surface area contributed by atoms with Crippen LogP contribution in [0.4, 0.5) is 5.69 Å². The van der Waals surface area contributed by atoms with Crippen molar-refractivity contribution in [2.45, 2.75) is 30.8 Å². The third-order valence-electron chi connectivity index (χ3n) is 4.44. The van der Waals surface area contributed by atoms with Crippen molar-refractivity contribution in [3.8, 4) is 0 Å². The smallest absolute Gasteiger partial charge is 0.240 e. The summed E-state index contributed by atoms with van der Waals surface area (Å²) < 4.78 is 33.6. The zero-order valence-electron chi connectivity index (χ0n) is 16.0. The summed E-state index contributed by atoms with van der Waals surface area (Å²) in [4.78, 5) is 12.2. The topological polar surface area (TPSA) is 109 Å². The normalized spacial score (nSPS) is 13.8. The maximum absolute atomic E-state index is 12.9. The van der Waals surface area contributed by atoms with Crippen molar-refractivity contribution >= 4 is 33.0 Å². The van der Waals surface area contributed by atoms with Gasteiger partial charge in [-0.05, 0) is 54.3 Å². The third-order valence-corrected chi connectivity index (χ3v) is 7.03. The van der Waals surface area contributed by atoms with Crippen molar-refractivity contribution in [3.63, 3.8) is 0 Å². The average Bonchev–Trinajstić information content (AvgIpc) is 3.40. The van der Waals surface area contributed by atoms with Gasteiger partial charge in [-0.3, -0.25) is 4.79 Å². The molecule has 7 nitrogen and oxygen atoms in total. The molecule has 0 aliphatic rings. The van der Waals surface area contributed by atoms with Crippen LogP contribution in [0.15, 0.2) is 63.4 Å². The molecule has 3 N–H and O–H groups in total. The second kappa shape index (κ2) is 8.50. The predicted molar refractivity (Wildman–Crippen MR) is 111 cm³/mol. The first kappa shape index (κ1) is 21.3. The summed E-state index contributed by atoms with van der Waals surface area (Å²) in [7, 11) is -3.92. The van der Waals surface area contributed by atoms with Crippen molar-refractivity contribution in [2.24, 2.45) is 0 Å². The molecule has 1 amide bonds. The summed E-state index contributed by atoms with van der Waals surface area (Å²) in [5.41, 5.74) is -0.628. The number of nitrogens with one attached hydrogen (secondary N) is 2. The van der Waals surface area contributed by atoms with Crippen LogP contribution >= 0.6 is 11.3 Å². The minimum atomic E-state index is -3.92. The maximum atomic E-state index is 12.9. The van der Waals surface area contributed by atoms with E-state index in [1.165, 1.54) is 29.7 Å². The van der Waals surface area contributed by atoms with Crippen molar-refractivity contribution < 1.29 is 22.7 Å². The van der Waals surface area contributed by atoms with Gasteiger partial charge in [-0.25, -0.2) is 13.1 Å². The predicted octanol–water partition coefficient (Wildman–Crippen LogP) is 3.21. The number of rotatable bonds is 8. The molecule has 3 rings (SSSR count). The van der Waals surface area contributed by atoms with Crippen LogP contribution in [0.25, 0.3) is 0 Å². The molecule has 29 heavy (non-hydrogen) atoms. The van der Waals surface area contributed by atoms with Crippen molar-refractivity contribution in [1.82, 2.24) is 4.72 Å². The van der Waals surface area contributed by atoms with Crippen LogP contribution in [-0.2, 0) is 20.4 Å². The van der Waals surface area contributed by atoms with Gasteiger partial charge in [-0.15, -0.1) is 11.3 Å². The summed E-state index contributed by atoms with van der Waals surface area (Å²) in [5, 5.41) is 15.7. The molecule has 9 heteroatoms. The van der Waals surface area contributed by atoms with E-state index in [0.29, 0.717) is 22.5 Å². The molecule has 0 radical (unpaired) electrons. The number of hydrogen-bond acceptors (Lipinski definition) is 6. The number of anilines is 1. The maximum Gasteiger partial charge on any atom is 0.240 e. The Bertz CT molecular complexity index is 1040. The SMILES string of the molecule is CCC(=O)Nc1ccc(S(=O)(=O)NCC(O)(c2ccco2)c2cccs2)c(C)c1. The highest BCUT2D eigenvalue weighted by Gasteiger charge is 2.37. The lowest BCUT2D eigenvalue weighted by atomic mass is 9.99. The van der Waals surface area contributed by atoms with E-state index in [0.717, 1.165) is 0 Å². The first-order chi connectivity index (χ1) is 13.8. The number of sulfonamides is 1. The zero-order chi connectivity index (χ0) is 21.1. The number of thiophene rings is 1. The second-order valence-corrected chi connectivity index (χ2v) is 9.20. The highest BCUT2D eigenvalue weighted by Crippen LogP contribution is 2.33. The van der Waals surface area contributed by atoms with Gasteiger partial charge in [0.1, 0.15) is 5.76 Å². The molecular formula is C20H22N2O5S2. The van der Waals surface area contributed by atoms with Gasteiger partial charge in [0, 0.05) is 17.0 Å². The van der Waals surface area contributed by atoms with Gasteiger partial charge in [0.2, 0.25) is 15.9 Å². The van der Waals surface area contributed by atoms with Gasteiger partial charge in [-0.2, -0.15) is 0 Å². The quantitative estimate of drug-likeness (QED) is 0.504. The number of aliphatic hydroxyl groups is 1. The van der Waals surface area contributed by atoms with Crippen LogP contribution in [0.3, 0.4) is 0 Å². The average molecular weight is 435 g/mol. The highest BCUT2D eigenvalue weighted by molar-refractivity contribution is 7.89. The van der Waals surface area contributed by atoms with Crippen molar-refractivity contribution in [1.29, 1.82) is 0 Å². The van der Waals surface area contributed by atoms with Crippen LogP contribution in [0, 0.1) is 6.92 Å². The number of amides is 1. The summed E-state index contributed by atoms with van der Waals surface area (Å²) in [6.45, 7) is 3.09. The Morgan fingerprint density at radius 3 is 2.62 bits per heavy atom. The Morgan fingerprint density at radius 1 is 1.24 bits per heavy atom. The fourth-order valence-corrected chi connectivity index (χ4v) is 4.99. The van der Waals surface area contributed by atoms with Crippen LogP contribution in [0.2, 0.25) is 0 Å². The first-order valence-electron chi connectivity index (χ1n) is 8.97. The molecular weight excluding hydrogens is 412 g/mol. The zero-order valence-corrected chi connectivity index (χ0v) is 17.6. The van der Waals surface area contributed by atoms with Crippen molar-refractivity contribution in [2.75, 3.05) is 11.9 Å². The molecule has 0 fully saturated rings. The van der Waals surface area contributed by atoms with E-state index in [4.69, 9.17) is 4.42 Å². The van der Waals surface area contributed by atoms with E-state index >= 15 is 0 Å². The number of hydrogen-bond donors (Lipinski definition) is 3. The van der Waals surface area contributed by atoms with E-state index < -0.39 is 15.6 Å². The molecule has 154 valence electrons. The van der Waals surface area contributed by atoms with Gasteiger partial charge >= 0.3 is 0 Å². The molecule has 1 unspecified atom stereocenters. The van der Waals surface area contributed by atoms with Gasteiger partial charge in [-0.1, -0.05) is 13.0 Å². The van der Waals surface area contributed by atoms with E-state index in [2.05, 4.69) is 10.0 Å². The van der Waals surface area contributed by atoms with Gasteiger partial charge in [0.15, 0.2) is 5.60 Å². The molecule has 0 aliphatic carbocycles. The Hall–Kier alpha value is -2.46. The highest BCUT2D eigenvalue weighted by atomic mass is 32.2. The molecule has 3 aromatic rings.